The lowest BCUT2D eigenvalue weighted by Crippen LogP contribution is -1.88. The summed E-state index contributed by atoms with van der Waals surface area (Å²) in [6.07, 6.45) is 1.77. The van der Waals surface area contributed by atoms with Crippen molar-refractivity contribution < 1.29 is 4.84 Å². The second kappa shape index (κ2) is 6.02. The van der Waals surface area contributed by atoms with Crippen LogP contribution in [0.1, 0.15) is 11.1 Å². The minimum absolute atomic E-state index is 0.488. The third-order valence-corrected chi connectivity index (χ3v) is 3.16. The Morgan fingerprint density at radius 1 is 0.800 bits per heavy atom. The zero-order chi connectivity index (χ0) is 13.6. The SMILES string of the molecule is C(=N\OCc1ccccc1)/c1cccc2ccccc12. The van der Waals surface area contributed by atoms with Crippen molar-refractivity contribution >= 4 is 17.0 Å². The predicted molar refractivity (Wildman–Crippen MR) is 82.8 cm³/mol. The van der Waals surface area contributed by atoms with Crippen molar-refractivity contribution in [3.63, 3.8) is 0 Å². The predicted octanol–water partition coefficient (Wildman–Crippen LogP) is 4.39. The van der Waals surface area contributed by atoms with Crippen LogP contribution in [0.5, 0.6) is 0 Å². The van der Waals surface area contributed by atoms with Gasteiger partial charge in [-0.1, -0.05) is 78.0 Å². The van der Waals surface area contributed by atoms with E-state index in [0.717, 1.165) is 11.1 Å². The maximum absolute atomic E-state index is 5.34. The lowest BCUT2D eigenvalue weighted by atomic mass is 10.1. The van der Waals surface area contributed by atoms with E-state index in [2.05, 4.69) is 23.4 Å². The Bertz CT molecular complexity index is 714. The molecule has 0 atom stereocenters. The minimum Gasteiger partial charge on any atom is -0.391 e. The third-order valence-electron chi connectivity index (χ3n) is 3.16. The van der Waals surface area contributed by atoms with Gasteiger partial charge in [0.15, 0.2) is 0 Å². The lowest BCUT2D eigenvalue weighted by Gasteiger charge is -2.02. The van der Waals surface area contributed by atoms with Gasteiger partial charge in [0.2, 0.25) is 0 Å². The molecule has 0 unspecified atom stereocenters. The van der Waals surface area contributed by atoms with E-state index >= 15 is 0 Å². The van der Waals surface area contributed by atoms with Gasteiger partial charge >= 0.3 is 0 Å². The molecule has 0 aliphatic heterocycles. The minimum atomic E-state index is 0.488. The summed E-state index contributed by atoms with van der Waals surface area (Å²) in [5.74, 6) is 0. The summed E-state index contributed by atoms with van der Waals surface area (Å²) in [6, 6.07) is 24.4. The fourth-order valence-electron chi connectivity index (χ4n) is 2.14. The van der Waals surface area contributed by atoms with Crippen molar-refractivity contribution in [1.29, 1.82) is 0 Å². The summed E-state index contributed by atoms with van der Waals surface area (Å²) >= 11 is 0. The van der Waals surface area contributed by atoms with Crippen molar-refractivity contribution in [3.8, 4) is 0 Å². The first-order valence-corrected chi connectivity index (χ1v) is 6.60. The maximum Gasteiger partial charge on any atom is 0.142 e. The summed E-state index contributed by atoms with van der Waals surface area (Å²) in [7, 11) is 0. The van der Waals surface area contributed by atoms with Gasteiger partial charge in [-0.05, 0) is 16.3 Å². The fraction of sp³-hybridized carbons (Fsp3) is 0.0556. The molecule has 2 heteroatoms. The van der Waals surface area contributed by atoms with Gasteiger partial charge in [0.05, 0.1) is 6.21 Å². The van der Waals surface area contributed by atoms with Crippen LogP contribution in [0.25, 0.3) is 10.8 Å². The monoisotopic (exact) mass is 261 g/mol. The number of fused-ring (bicyclic) bond motifs is 1. The van der Waals surface area contributed by atoms with Gasteiger partial charge in [-0.3, -0.25) is 0 Å². The molecule has 0 radical (unpaired) electrons. The quantitative estimate of drug-likeness (QED) is 0.504. The van der Waals surface area contributed by atoms with Gasteiger partial charge in [-0.15, -0.1) is 0 Å². The molecule has 0 aromatic heterocycles. The van der Waals surface area contributed by atoms with Crippen molar-refractivity contribution in [2.75, 3.05) is 0 Å². The number of hydrogen-bond donors (Lipinski definition) is 0. The van der Waals surface area contributed by atoms with Gasteiger partial charge in [-0.2, -0.15) is 0 Å². The smallest absolute Gasteiger partial charge is 0.142 e. The first-order valence-electron chi connectivity index (χ1n) is 6.60. The summed E-state index contributed by atoms with van der Waals surface area (Å²) < 4.78 is 0. The number of oxime groups is 1. The van der Waals surface area contributed by atoms with Crippen LogP contribution in [0.3, 0.4) is 0 Å². The molecule has 0 aliphatic rings. The molecule has 0 saturated carbocycles. The van der Waals surface area contributed by atoms with E-state index in [9.17, 15) is 0 Å². The van der Waals surface area contributed by atoms with E-state index in [1.165, 1.54) is 10.8 Å². The zero-order valence-electron chi connectivity index (χ0n) is 11.1. The van der Waals surface area contributed by atoms with Crippen molar-refractivity contribution in [3.05, 3.63) is 83.9 Å². The molecule has 0 spiro atoms. The normalized spacial score (nSPS) is 11.0. The summed E-state index contributed by atoms with van der Waals surface area (Å²) in [5.41, 5.74) is 2.18. The molecule has 0 N–H and O–H groups in total. The summed E-state index contributed by atoms with van der Waals surface area (Å²) in [4.78, 5) is 5.34. The number of benzene rings is 3. The highest BCUT2D eigenvalue weighted by Crippen LogP contribution is 2.16. The highest BCUT2D eigenvalue weighted by atomic mass is 16.6. The van der Waals surface area contributed by atoms with Crippen LogP contribution in [0.15, 0.2) is 78.0 Å². The molecule has 0 fully saturated rings. The van der Waals surface area contributed by atoms with Gasteiger partial charge < -0.3 is 4.84 Å². The van der Waals surface area contributed by atoms with E-state index in [1.54, 1.807) is 6.21 Å². The van der Waals surface area contributed by atoms with E-state index in [1.807, 2.05) is 54.6 Å². The highest BCUT2D eigenvalue weighted by Gasteiger charge is 1.97. The molecule has 20 heavy (non-hydrogen) atoms. The van der Waals surface area contributed by atoms with Gasteiger partial charge in [0.1, 0.15) is 6.61 Å². The lowest BCUT2D eigenvalue weighted by molar-refractivity contribution is 0.132. The molecule has 0 heterocycles. The standard InChI is InChI=1S/C18H15NO/c1-2-7-15(8-3-1)14-20-19-13-17-11-6-10-16-9-4-5-12-18(16)17/h1-13H,14H2/b19-13+. The van der Waals surface area contributed by atoms with Crippen LogP contribution in [-0.4, -0.2) is 6.21 Å². The molecule has 3 rings (SSSR count). The van der Waals surface area contributed by atoms with Crippen LogP contribution in [0.2, 0.25) is 0 Å². The highest BCUT2D eigenvalue weighted by molar-refractivity contribution is 5.99. The van der Waals surface area contributed by atoms with Crippen LogP contribution >= 0.6 is 0 Å². The fourth-order valence-corrected chi connectivity index (χ4v) is 2.14. The summed E-state index contributed by atoms with van der Waals surface area (Å²) in [6.45, 7) is 0.488. The first kappa shape index (κ1) is 12.4. The second-order valence-electron chi connectivity index (χ2n) is 4.56. The van der Waals surface area contributed by atoms with Gasteiger partial charge in [0.25, 0.3) is 0 Å². The van der Waals surface area contributed by atoms with Crippen LogP contribution in [0.4, 0.5) is 0 Å². The average molecular weight is 261 g/mol. The number of nitrogens with zero attached hydrogens (tertiary/aromatic N) is 1. The Balaban J connectivity index is 1.72. The largest absolute Gasteiger partial charge is 0.391 e. The molecular formula is C18H15NO. The van der Waals surface area contributed by atoms with Crippen LogP contribution < -0.4 is 0 Å². The second-order valence-corrected chi connectivity index (χ2v) is 4.56. The molecule has 0 saturated heterocycles. The Labute approximate surface area is 118 Å². The molecule has 3 aromatic carbocycles. The molecule has 0 bridgehead atoms. The van der Waals surface area contributed by atoms with Gasteiger partial charge in [0, 0.05) is 5.56 Å². The summed E-state index contributed by atoms with van der Waals surface area (Å²) in [5, 5.41) is 6.45. The Kier molecular flexibility index (Phi) is 3.74. The van der Waals surface area contributed by atoms with Gasteiger partial charge in [-0.25, -0.2) is 0 Å². The third kappa shape index (κ3) is 2.86. The average Bonchev–Trinajstić information content (AvgIpc) is 2.53. The topological polar surface area (TPSA) is 21.6 Å². The van der Waals surface area contributed by atoms with Crippen LogP contribution in [0, 0.1) is 0 Å². The first-order chi connectivity index (χ1) is 9.93. The van der Waals surface area contributed by atoms with E-state index in [0.29, 0.717) is 6.61 Å². The van der Waals surface area contributed by atoms with Crippen molar-refractivity contribution in [2.45, 2.75) is 6.61 Å². The van der Waals surface area contributed by atoms with Crippen molar-refractivity contribution in [1.82, 2.24) is 0 Å². The Hall–Kier alpha value is -2.61. The zero-order valence-corrected chi connectivity index (χ0v) is 11.1. The number of rotatable bonds is 4. The Morgan fingerprint density at radius 3 is 2.45 bits per heavy atom. The van der Waals surface area contributed by atoms with Crippen molar-refractivity contribution in [2.24, 2.45) is 5.16 Å². The maximum atomic E-state index is 5.34. The molecule has 98 valence electrons. The molecule has 2 nitrogen and oxygen atoms in total. The molecule has 3 aromatic rings. The molecular weight excluding hydrogens is 246 g/mol. The van der Waals surface area contributed by atoms with E-state index < -0.39 is 0 Å². The molecule has 0 aliphatic carbocycles. The number of hydrogen-bond acceptors (Lipinski definition) is 2. The Morgan fingerprint density at radius 2 is 1.55 bits per heavy atom. The van der Waals surface area contributed by atoms with E-state index in [4.69, 9.17) is 4.84 Å². The van der Waals surface area contributed by atoms with E-state index in [-0.39, 0.29) is 0 Å². The molecule has 0 amide bonds. The van der Waals surface area contributed by atoms with Crippen LogP contribution in [-0.2, 0) is 11.4 Å².